The summed E-state index contributed by atoms with van der Waals surface area (Å²) in [6, 6.07) is 4.83. The van der Waals surface area contributed by atoms with Gasteiger partial charge >= 0.3 is 0 Å². The van der Waals surface area contributed by atoms with Crippen LogP contribution >= 0.6 is 0 Å². The molecule has 3 heteroatoms. The summed E-state index contributed by atoms with van der Waals surface area (Å²) in [4.78, 5) is 4.73. The number of aryl methyl sites for hydroxylation is 2. The number of pyridine rings is 1. The van der Waals surface area contributed by atoms with Crippen LogP contribution in [-0.4, -0.2) is 11.0 Å². The summed E-state index contributed by atoms with van der Waals surface area (Å²) in [5.41, 5.74) is 3.19. The van der Waals surface area contributed by atoms with Gasteiger partial charge in [-0.25, -0.2) is 4.98 Å². The van der Waals surface area contributed by atoms with Crippen LogP contribution in [0.25, 0.3) is 0 Å². The van der Waals surface area contributed by atoms with Gasteiger partial charge in [0.1, 0.15) is 11.9 Å². The fraction of sp³-hybridized carbons (Fsp3) is 0.647. The number of hydrogen-bond donors (Lipinski definition) is 1. The molecule has 1 fully saturated rings. The highest BCUT2D eigenvalue weighted by Crippen LogP contribution is 2.32. The first kappa shape index (κ1) is 13.4. The van der Waals surface area contributed by atoms with Crippen molar-refractivity contribution < 1.29 is 0 Å². The van der Waals surface area contributed by atoms with Crippen LogP contribution in [0.2, 0.25) is 0 Å². The SMILES string of the molecule is CC1CCC(Nc2nc3c(cc2C#N)CCC3)CC1C. The van der Waals surface area contributed by atoms with E-state index in [1.807, 2.05) is 6.07 Å². The molecule has 0 aromatic carbocycles. The van der Waals surface area contributed by atoms with E-state index < -0.39 is 0 Å². The number of aromatic nitrogens is 1. The molecule has 0 amide bonds. The quantitative estimate of drug-likeness (QED) is 0.891. The molecule has 1 saturated carbocycles. The fourth-order valence-electron chi connectivity index (χ4n) is 3.54. The summed E-state index contributed by atoms with van der Waals surface area (Å²) in [5.74, 6) is 2.39. The first-order chi connectivity index (χ1) is 9.67. The lowest BCUT2D eigenvalue weighted by Crippen LogP contribution is -2.31. The Balaban J connectivity index is 1.79. The highest BCUT2D eigenvalue weighted by Gasteiger charge is 2.26. The minimum absolute atomic E-state index is 0.472. The third-order valence-electron chi connectivity index (χ3n) is 5.11. The van der Waals surface area contributed by atoms with Gasteiger partial charge in [-0.3, -0.25) is 0 Å². The molecule has 3 rings (SSSR count). The number of anilines is 1. The molecule has 3 nitrogen and oxygen atoms in total. The van der Waals surface area contributed by atoms with Crippen molar-refractivity contribution in [1.82, 2.24) is 4.98 Å². The first-order valence-corrected chi connectivity index (χ1v) is 7.86. The molecule has 3 unspecified atom stereocenters. The van der Waals surface area contributed by atoms with Gasteiger partial charge in [0.2, 0.25) is 0 Å². The van der Waals surface area contributed by atoms with Gasteiger partial charge in [-0.15, -0.1) is 0 Å². The Hall–Kier alpha value is -1.56. The molecular formula is C17H23N3. The largest absolute Gasteiger partial charge is 0.366 e. The highest BCUT2D eigenvalue weighted by atomic mass is 15.0. The van der Waals surface area contributed by atoms with Gasteiger partial charge in [0, 0.05) is 11.7 Å². The molecule has 2 aliphatic carbocycles. The van der Waals surface area contributed by atoms with Crippen molar-refractivity contribution in [2.45, 2.75) is 58.4 Å². The maximum Gasteiger partial charge on any atom is 0.144 e. The zero-order chi connectivity index (χ0) is 14.1. The minimum Gasteiger partial charge on any atom is -0.366 e. The third kappa shape index (κ3) is 2.52. The van der Waals surface area contributed by atoms with E-state index in [0.717, 1.165) is 36.1 Å². The zero-order valence-electron chi connectivity index (χ0n) is 12.4. The van der Waals surface area contributed by atoms with Crippen molar-refractivity contribution >= 4 is 5.82 Å². The molecule has 0 bridgehead atoms. The van der Waals surface area contributed by atoms with Crippen LogP contribution in [0.4, 0.5) is 5.82 Å². The van der Waals surface area contributed by atoms with Crippen LogP contribution in [0.1, 0.15) is 56.4 Å². The fourth-order valence-corrected chi connectivity index (χ4v) is 3.54. The van der Waals surface area contributed by atoms with Gasteiger partial charge in [-0.1, -0.05) is 13.8 Å². The van der Waals surface area contributed by atoms with Crippen LogP contribution in [-0.2, 0) is 12.8 Å². The summed E-state index contributed by atoms with van der Waals surface area (Å²) in [7, 11) is 0. The molecule has 1 aromatic rings. The van der Waals surface area contributed by atoms with Crippen molar-refractivity contribution in [3.63, 3.8) is 0 Å². The number of nitrogens with one attached hydrogen (secondary N) is 1. The number of hydrogen-bond acceptors (Lipinski definition) is 3. The summed E-state index contributed by atoms with van der Waals surface area (Å²) in [6.45, 7) is 4.68. The Labute approximate surface area is 121 Å². The molecule has 0 aliphatic heterocycles. The average Bonchev–Trinajstić information content (AvgIpc) is 2.89. The van der Waals surface area contributed by atoms with Gasteiger partial charge in [0.05, 0.1) is 5.56 Å². The van der Waals surface area contributed by atoms with E-state index in [-0.39, 0.29) is 0 Å². The molecule has 20 heavy (non-hydrogen) atoms. The van der Waals surface area contributed by atoms with Gasteiger partial charge in [-0.2, -0.15) is 5.26 Å². The predicted molar refractivity (Wildman–Crippen MR) is 80.6 cm³/mol. The molecule has 0 radical (unpaired) electrons. The number of fused-ring (bicyclic) bond motifs is 1. The predicted octanol–water partition coefficient (Wildman–Crippen LogP) is 3.68. The van der Waals surface area contributed by atoms with E-state index >= 15 is 0 Å². The molecule has 1 aromatic heterocycles. The monoisotopic (exact) mass is 269 g/mol. The van der Waals surface area contributed by atoms with Crippen molar-refractivity contribution in [3.05, 3.63) is 22.9 Å². The van der Waals surface area contributed by atoms with Crippen LogP contribution < -0.4 is 5.32 Å². The summed E-state index contributed by atoms with van der Waals surface area (Å²) in [6.07, 6.45) is 6.96. The smallest absolute Gasteiger partial charge is 0.144 e. The van der Waals surface area contributed by atoms with E-state index in [2.05, 4.69) is 25.2 Å². The maximum absolute atomic E-state index is 9.34. The lowest BCUT2D eigenvalue weighted by atomic mass is 9.79. The van der Waals surface area contributed by atoms with E-state index in [1.54, 1.807) is 0 Å². The molecule has 1 heterocycles. The van der Waals surface area contributed by atoms with Gasteiger partial charge in [-0.05, 0) is 62.0 Å². The minimum atomic E-state index is 0.472. The number of rotatable bonds is 2. The van der Waals surface area contributed by atoms with E-state index in [0.29, 0.717) is 6.04 Å². The second kappa shape index (κ2) is 5.44. The summed E-state index contributed by atoms with van der Waals surface area (Å²) in [5, 5.41) is 12.9. The Morgan fingerprint density at radius 3 is 2.85 bits per heavy atom. The Bertz CT molecular complexity index is 544. The van der Waals surface area contributed by atoms with E-state index in [1.165, 1.54) is 36.9 Å². The van der Waals surface area contributed by atoms with Crippen molar-refractivity contribution in [1.29, 1.82) is 5.26 Å². The van der Waals surface area contributed by atoms with Crippen LogP contribution in [0.15, 0.2) is 6.07 Å². The molecule has 1 N–H and O–H groups in total. The third-order valence-corrected chi connectivity index (χ3v) is 5.11. The molecule has 106 valence electrons. The maximum atomic E-state index is 9.34. The van der Waals surface area contributed by atoms with Crippen molar-refractivity contribution in [2.24, 2.45) is 11.8 Å². The summed E-state index contributed by atoms with van der Waals surface area (Å²) >= 11 is 0. The molecule has 3 atom stereocenters. The van der Waals surface area contributed by atoms with E-state index in [9.17, 15) is 5.26 Å². The van der Waals surface area contributed by atoms with Crippen molar-refractivity contribution in [2.75, 3.05) is 5.32 Å². The Morgan fingerprint density at radius 2 is 2.10 bits per heavy atom. The van der Waals surface area contributed by atoms with Gasteiger partial charge < -0.3 is 5.32 Å². The van der Waals surface area contributed by atoms with Crippen LogP contribution in [0.3, 0.4) is 0 Å². The van der Waals surface area contributed by atoms with Crippen LogP contribution in [0, 0.1) is 23.2 Å². The van der Waals surface area contributed by atoms with Gasteiger partial charge in [0.25, 0.3) is 0 Å². The highest BCUT2D eigenvalue weighted by molar-refractivity contribution is 5.55. The van der Waals surface area contributed by atoms with Gasteiger partial charge in [0.15, 0.2) is 0 Å². The first-order valence-electron chi connectivity index (χ1n) is 7.86. The number of nitrogens with zero attached hydrogens (tertiary/aromatic N) is 2. The zero-order valence-corrected chi connectivity index (χ0v) is 12.4. The molecule has 2 aliphatic rings. The Morgan fingerprint density at radius 1 is 1.25 bits per heavy atom. The number of nitriles is 1. The summed E-state index contributed by atoms with van der Waals surface area (Å²) < 4.78 is 0. The van der Waals surface area contributed by atoms with E-state index in [4.69, 9.17) is 4.98 Å². The van der Waals surface area contributed by atoms with Crippen molar-refractivity contribution in [3.8, 4) is 6.07 Å². The van der Waals surface area contributed by atoms with Crippen LogP contribution in [0.5, 0.6) is 0 Å². The standard InChI is InChI=1S/C17H23N3/c1-11-6-7-15(8-12(11)2)19-17-14(10-18)9-13-4-3-5-16(13)20-17/h9,11-12,15H,3-8H2,1-2H3,(H,19,20). The topological polar surface area (TPSA) is 48.7 Å². The second-order valence-corrected chi connectivity index (χ2v) is 6.56. The molecule has 0 spiro atoms. The second-order valence-electron chi connectivity index (χ2n) is 6.56. The Kier molecular flexibility index (Phi) is 3.65. The average molecular weight is 269 g/mol. The molecule has 0 saturated heterocycles. The lowest BCUT2D eigenvalue weighted by Gasteiger charge is -2.33. The molecular weight excluding hydrogens is 246 g/mol. The lowest BCUT2D eigenvalue weighted by molar-refractivity contribution is 0.260. The normalized spacial score (nSPS) is 28.8.